The first kappa shape index (κ1) is 95.8. The van der Waals surface area contributed by atoms with Gasteiger partial charge in [-0.2, -0.15) is 0 Å². The first-order valence-corrected chi connectivity index (χ1v) is 50.0. The molecule has 0 bridgehead atoms. The molecular formula is C91H184Cl2OSi. The maximum atomic E-state index is 11.7. The summed E-state index contributed by atoms with van der Waals surface area (Å²) in [4.78, 5) is 11.7. The number of rotatable bonds is 88. The lowest BCUT2D eigenvalue weighted by Gasteiger charge is -2.39. The molecule has 0 radical (unpaired) electrons. The third-order valence-electron chi connectivity index (χ3n) is 23.2. The van der Waals surface area contributed by atoms with E-state index in [2.05, 4.69) is 20.8 Å². The van der Waals surface area contributed by atoms with Gasteiger partial charge in [-0.15, -0.1) is 22.2 Å². The summed E-state index contributed by atoms with van der Waals surface area (Å²) in [5.74, 6) is 0. The number of unbranched alkanes of at least 4 members (excludes halogenated alkanes) is 81. The van der Waals surface area contributed by atoms with Gasteiger partial charge >= 0.3 is 6.94 Å². The molecule has 0 aromatic rings. The molecule has 0 rings (SSSR count). The average Bonchev–Trinajstić information content (AvgIpc) is 1.15. The lowest BCUT2D eigenvalue weighted by molar-refractivity contribution is 0.343. The quantitative estimate of drug-likeness (QED) is 0.0366. The SMILES string of the molecule is CCCCCCCCCCCCCCCCCCCCCCCCCCCCCCC(CCCCCCCCCCCCCCCCCCCCCCCCCCCCCC)(CCCCCCCCCCCCCCCCCCCCCCCCCCCCCC)[Si](O)(Cl)Cl. The first-order chi connectivity index (χ1) is 46.9. The molecule has 0 heterocycles. The van der Waals surface area contributed by atoms with Crippen LogP contribution in [0.2, 0.25) is 5.04 Å². The van der Waals surface area contributed by atoms with E-state index in [4.69, 9.17) is 22.2 Å². The Bertz CT molecular complexity index is 1190. The molecule has 1 N–H and O–H groups in total. The van der Waals surface area contributed by atoms with Gasteiger partial charge in [0.1, 0.15) is 0 Å². The van der Waals surface area contributed by atoms with Crippen molar-refractivity contribution in [2.24, 2.45) is 0 Å². The van der Waals surface area contributed by atoms with Gasteiger partial charge in [0.2, 0.25) is 0 Å². The highest BCUT2D eigenvalue weighted by molar-refractivity contribution is 7.43. The van der Waals surface area contributed by atoms with Gasteiger partial charge in [0, 0.05) is 5.04 Å². The lowest BCUT2D eigenvalue weighted by atomic mass is 9.88. The molecule has 0 amide bonds. The van der Waals surface area contributed by atoms with E-state index in [9.17, 15) is 4.80 Å². The molecule has 0 fully saturated rings. The van der Waals surface area contributed by atoms with Gasteiger partial charge in [-0.1, -0.05) is 560 Å². The maximum absolute atomic E-state index is 11.7. The lowest BCUT2D eigenvalue weighted by Crippen LogP contribution is -2.39. The second-order valence-corrected chi connectivity index (χ2v) is 38.7. The fourth-order valence-corrected chi connectivity index (χ4v) is 19.4. The Hall–Kier alpha value is 0.757. The van der Waals surface area contributed by atoms with Crippen LogP contribution in [0.5, 0.6) is 0 Å². The highest BCUT2D eigenvalue weighted by Crippen LogP contribution is 2.54. The molecule has 0 aliphatic heterocycles. The molecule has 1 nitrogen and oxygen atoms in total. The Balaban J connectivity index is 4.32. The minimum atomic E-state index is -3.36. The summed E-state index contributed by atoms with van der Waals surface area (Å²) in [6.07, 6.45) is 123. The van der Waals surface area contributed by atoms with E-state index in [1.54, 1.807) is 0 Å². The van der Waals surface area contributed by atoms with Crippen molar-refractivity contribution >= 4 is 29.1 Å². The predicted octanol–water partition coefficient (Wildman–Crippen LogP) is 36.1. The summed E-state index contributed by atoms with van der Waals surface area (Å²) in [6.45, 7) is 3.59. The van der Waals surface area contributed by atoms with Crippen molar-refractivity contribution in [3.05, 3.63) is 0 Å². The summed E-state index contributed by atoms with van der Waals surface area (Å²) in [5, 5.41) is -0.236. The van der Waals surface area contributed by atoms with E-state index in [-0.39, 0.29) is 5.04 Å². The number of hydrogen-bond donors (Lipinski definition) is 1. The zero-order chi connectivity index (χ0) is 68.5. The molecular weight excluding hydrogens is 1210 g/mol. The van der Waals surface area contributed by atoms with Crippen molar-refractivity contribution in [2.75, 3.05) is 0 Å². The third-order valence-corrected chi connectivity index (χ3v) is 27.6. The second-order valence-electron chi connectivity index (χ2n) is 32.7. The van der Waals surface area contributed by atoms with Gasteiger partial charge in [0.25, 0.3) is 0 Å². The number of hydrogen-bond acceptors (Lipinski definition) is 1. The van der Waals surface area contributed by atoms with Crippen LogP contribution >= 0.6 is 22.2 Å². The van der Waals surface area contributed by atoms with Crippen LogP contribution < -0.4 is 0 Å². The number of halogens is 2. The van der Waals surface area contributed by atoms with Gasteiger partial charge in [0.05, 0.1) is 0 Å². The monoisotopic (exact) mass is 1390 g/mol. The highest BCUT2D eigenvalue weighted by Gasteiger charge is 2.50. The molecule has 0 aliphatic rings. The second kappa shape index (κ2) is 83.7. The van der Waals surface area contributed by atoms with Crippen LogP contribution in [0.1, 0.15) is 579 Å². The average molecular weight is 1390 g/mol. The molecule has 4 heteroatoms. The fraction of sp³-hybridized carbons (Fsp3) is 1.00. The van der Waals surface area contributed by atoms with Crippen LogP contribution in [0, 0.1) is 0 Å². The molecule has 0 aromatic carbocycles. The van der Waals surface area contributed by atoms with E-state index in [0.717, 1.165) is 19.3 Å². The van der Waals surface area contributed by atoms with Crippen molar-refractivity contribution in [1.82, 2.24) is 0 Å². The molecule has 0 aliphatic carbocycles. The Morgan fingerprint density at radius 1 is 0.147 bits per heavy atom. The van der Waals surface area contributed by atoms with Crippen LogP contribution in [0.3, 0.4) is 0 Å². The summed E-state index contributed by atoms with van der Waals surface area (Å²) < 4.78 is 0. The molecule has 0 aromatic heterocycles. The molecule has 0 spiro atoms. The smallest absolute Gasteiger partial charge is 0.393 e. The Morgan fingerprint density at radius 2 is 0.221 bits per heavy atom. The predicted molar refractivity (Wildman–Crippen MR) is 441 cm³/mol. The van der Waals surface area contributed by atoms with Gasteiger partial charge in [-0.05, 0) is 19.3 Å². The minimum Gasteiger partial charge on any atom is -0.408 e. The fourth-order valence-electron chi connectivity index (χ4n) is 16.2. The molecule has 0 saturated carbocycles. The van der Waals surface area contributed by atoms with Crippen molar-refractivity contribution in [3.8, 4) is 0 Å². The molecule has 572 valence electrons. The molecule has 0 saturated heterocycles. The summed E-state index contributed by atoms with van der Waals surface area (Å²) >= 11 is 14.1. The summed E-state index contributed by atoms with van der Waals surface area (Å²) in [5.41, 5.74) is 0. The van der Waals surface area contributed by atoms with Gasteiger partial charge in [-0.3, -0.25) is 0 Å². The molecule has 0 atom stereocenters. The Morgan fingerprint density at radius 3 is 0.295 bits per heavy atom. The van der Waals surface area contributed by atoms with E-state index >= 15 is 0 Å². The minimum absolute atomic E-state index is 0.236. The van der Waals surface area contributed by atoms with E-state index in [1.165, 1.54) is 539 Å². The zero-order valence-corrected chi connectivity index (χ0v) is 69.2. The zero-order valence-electron chi connectivity index (χ0n) is 66.7. The molecule has 95 heavy (non-hydrogen) atoms. The highest BCUT2D eigenvalue weighted by atomic mass is 35.7. The largest absolute Gasteiger partial charge is 0.408 e. The van der Waals surface area contributed by atoms with Gasteiger partial charge in [-0.25, -0.2) is 0 Å². The van der Waals surface area contributed by atoms with Crippen molar-refractivity contribution < 1.29 is 4.80 Å². The van der Waals surface area contributed by atoms with Crippen molar-refractivity contribution in [2.45, 2.75) is 584 Å². The van der Waals surface area contributed by atoms with Crippen LogP contribution in [0.15, 0.2) is 0 Å². The Labute approximate surface area is 614 Å². The summed E-state index contributed by atoms with van der Waals surface area (Å²) in [7, 11) is 0. The third kappa shape index (κ3) is 77.2. The molecule has 0 unspecified atom stereocenters. The van der Waals surface area contributed by atoms with Crippen molar-refractivity contribution in [3.63, 3.8) is 0 Å². The van der Waals surface area contributed by atoms with E-state index in [0.29, 0.717) is 0 Å². The topological polar surface area (TPSA) is 20.2 Å². The van der Waals surface area contributed by atoms with Crippen LogP contribution in [0.25, 0.3) is 0 Å². The van der Waals surface area contributed by atoms with Gasteiger partial charge in [0.15, 0.2) is 0 Å². The van der Waals surface area contributed by atoms with Gasteiger partial charge < -0.3 is 4.80 Å². The summed E-state index contributed by atoms with van der Waals surface area (Å²) in [6, 6.07) is 0. The normalized spacial score (nSPS) is 12.2. The Kier molecular flexibility index (Phi) is 84.4. The standard InChI is InChI=1S/C91H184Cl2OSi/c1-4-7-10-13-16-19-22-25-28-31-34-37-40-43-46-49-52-55-58-61-64-67-70-73-76-79-82-85-88-91(95(92,93)94,89-86-83-80-77-74-71-68-65-62-59-56-53-50-47-44-41-38-35-32-29-26-23-20-17-14-11-8-5-2)90-87-84-81-78-75-72-69-66-63-60-57-54-51-48-45-42-39-36-33-30-27-24-21-18-15-12-9-6-3/h94H,4-90H2,1-3H3. The van der Waals surface area contributed by atoms with Crippen LogP contribution in [0.4, 0.5) is 0 Å². The van der Waals surface area contributed by atoms with Crippen LogP contribution in [-0.4, -0.2) is 11.7 Å². The van der Waals surface area contributed by atoms with Crippen molar-refractivity contribution in [1.29, 1.82) is 0 Å². The maximum Gasteiger partial charge on any atom is 0.393 e. The van der Waals surface area contributed by atoms with Crippen LogP contribution in [-0.2, 0) is 0 Å². The van der Waals surface area contributed by atoms with E-state index < -0.39 is 6.94 Å². The van der Waals surface area contributed by atoms with E-state index in [1.807, 2.05) is 0 Å². The first-order valence-electron chi connectivity index (χ1n) is 46.0.